The van der Waals surface area contributed by atoms with Gasteiger partial charge in [-0.15, -0.1) is 0 Å². The number of aromatic hydroxyl groups is 2. The highest BCUT2D eigenvalue weighted by molar-refractivity contribution is 7.97. The van der Waals surface area contributed by atoms with Crippen molar-refractivity contribution in [2.75, 3.05) is 11.5 Å². The van der Waals surface area contributed by atoms with E-state index in [2.05, 4.69) is 0 Å². The lowest BCUT2D eigenvalue weighted by Gasteiger charge is -2.02. The second-order valence-corrected chi connectivity index (χ2v) is 5.50. The van der Waals surface area contributed by atoms with Crippen LogP contribution in [0.15, 0.2) is 23.1 Å². The fraction of sp³-hybridized carbons (Fsp3) is 0.400. The molecule has 0 bridgehead atoms. The third kappa shape index (κ3) is 1.75. The van der Waals surface area contributed by atoms with Gasteiger partial charge in [0.1, 0.15) is 17.3 Å². The molecule has 0 aliphatic carbocycles. The first-order valence-corrected chi connectivity index (χ1v) is 6.03. The average molecular weight is 197 g/mol. The summed E-state index contributed by atoms with van der Waals surface area (Å²) in [6, 6.07) is 4.93. The van der Waals surface area contributed by atoms with E-state index >= 15 is 0 Å². The lowest BCUT2D eigenvalue weighted by Crippen LogP contribution is -2.03. The van der Waals surface area contributed by atoms with Gasteiger partial charge in [0.25, 0.3) is 0 Å². The molecule has 0 radical (unpaired) electrons. The zero-order valence-electron chi connectivity index (χ0n) is 7.36. The second kappa shape index (κ2) is 3.50. The molecule has 13 heavy (non-hydrogen) atoms. The zero-order valence-corrected chi connectivity index (χ0v) is 8.18. The van der Waals surface area contributed by atoms with Gasteiger partial charge in [0.2, 0.25) is 0 Å². The lowest BCUT2D eigenvalue weighted by molar-refractivity contribution is 0.441. The number of hydrogen-bond acceptors (Lipinski definition) is 2. The monoisotopic (exact) mass is 197 g/mol. The van der Waals surface area contributed by atoms with Crippen molar-refractivity contribution >= 4 is 10.9 Å². The molecule has 0 amide bonds. The maximum Gasteiger partial charge on any atom is 0.196 e. The summed E-state index contributed by atoms with van der Waals surface area (Å²) in [6.07, 6.45) is 2.53. The minimum Gasteiger partial charge on any atom is -0.508 e. The van der Waals surface area contributed by atoms with Crippen LogP contribution in [0.1, 0.15) is 12.8 Å². The minimum atomic E-state index is 0.143. The first-order chi connectivity index (χ1) is 6.27. The van der Waals surface area contributed by atoms with E-state index in [9.17, 15) is 5.11 Å². The van der Waals surface area contributed by atoms with Crippen molar-refractivity contribution in [2.24, 2.45) is 0 Å². The van der Waals surface area contributed by atoms with Crippen LogP contribution >= 0.6 is 0 Å². The Labute approximate surface area is 80.6 Å². The van der Waals surface area contributed by atoms with Gasteiger partial charge in [-0.05, 0) is 18.9 Å². The van der Waals surface area contributed by atoms with Crippen molar-refractivity contribution in [2.45, 2.75) is 17.7 Å². The predicted molar refractivity (Wildman–Crippen MR) is 54.4 cm³/mol. The highest BCUT2D eigenvalue weighted by Crippen LogP contribution is 2.32. The molecule has 1 aromatic carbocycles. The summed E-state index contributed by atoms with van der Waals surface area (Å²) >= 11 is 0. The molecule has 0 saturated carbocycles. The third-order valence-corrected chi connectivity index (χ3v) is 4.82. The zero-order chi connectivity index (χ0) is 9.26. The highest BCUT2D eigenvalue weighted by Gasteiger charge is 2.29. The van der Waals surface area contributed by atoms with E-state index in [0.29, 0.717) is 0 Å². The number of benzene rings is 1. The summed E-state index contributed by atoms with van der Waals surface area (Å²) in [7, 11) is 0.228. The summed E-state index contributed by atoms with van der Waals surface area (Å²) in [6.45, 7) is 0. The van der Waals surface area contributed by atoms with E-state index in [1.807, 2.05) is 6.07 Å². The van der Waals surface area contributed by atoms with Crippen molar-refractivity contribution in [3.8, 4) is 11.5 Å². The molecule has 1 heterocycles. The fourth-order valence-electron chi connectivity index (χ4n) is 1.62. The molecule has 1 aliphatic heterocycles. The second-order valence-electron chi connectivity index (χ2n) is 3.26. The third-order valence-electron chi connectivity index (χ3n) is 2.29. The number of hydrogen-bond donors (Lipinski definition) is 2. The molecule has 1 saturated heterocycles. The van der Waals surface area contributed by atoms with Gasteiger partial charge in [-0.3, -0.25) is 0 Å². The van der Waals surface area contributed by atoms with Crippen molar-refractivity contribution < 1.29 is 10.2 Å². The van der Waals surface area contributed by atoms with E-state index in [-0.39, 0.29) is 22.4 Å². The van der Waals surface area contributed by atoms with Gasteiger partial charge in [-0.1, -0.05) is 0 Å². The van der Waals surface area contributed by atoms with Gasteiger partial charge in [-0.25, -0.2) is 0 Å². The summed E-state index contributed by atoms with van der Waals surface area (Å²) < 4.78 is 0. The van der Waals surface area contributed by atoms with Gasteiger partial charge in [0, 0.05) is 23.0 Å². The number of phenolic OH excluding ortho intramolecular Hbond substituents is 2. The number of phenols is 2. The first kappa shape index (κ1) is 8.75. The van der Waals surface area contributed by atoms with Crippen molar-refractivity contribution in [1.29, 1.82) is 0 Å². The van der Waals surface area contributed by atoms with Crippen LogP contribution in [0.25, 0.3) is 0 Å². The largest absolute Gasteiger partial charge is 0.508 e. The minimum absolute atomic E-state index is 0.143. The molecular formula is C10H13O2S+. The molecule has 1 aromatic rings. The molecule has 2 rings (SSSR count). The molecule has 70 valence electrons. The Balaban J connectivity index is 2.29. The highest BCUT2D eigenvalue weighted by atomic mass is 32.2. The Morgan fingerprint density at radius 1 is 1.08 bits per heavy atom. The van der Waals surface area contributed by atoms with Crippen LogP contribution in [0.5, 0.6) is 11.5 Å². The number of rotatable bonds is 1. The van der Waals surface area contributed by atoms with E-state index < -0.39 is 0 Å². The van der Waals surface area contributed by atoms with E-state index in [4.69, 9.17) is 5.11 Å². The normalized spacial score (nSPS) is 17.8. The summed E-state index contributed by atoms with van der Waals surface area (Å²) in [5.41, 5.74) is 0. The Morgan fingerprint density at radius 3 is 2.38 bits per heavy atom. The quantitative estimate of drug-likeness (QED) is 0.675. The predicted octanol–water partition coefficient (Wildman–Crippen LogP) is 1.87. The van der Waals surface area contributed by atoms with Crippen LogP contribution in [0.4, 0.5) is 0 Å². The average Bonchev–Trinajstić information content (AvgIpc) is 2.56. The topological polar surface area (TPSA) is 40.5 Å². The lowest BCUT2D eigenvalue weighted by atomic mass is 10.3. The molecular weight excluding hydrogens is 184 g/mol. The van der Waals surface area contributed by atoms with Crippen molar-refractivity contribution in [3.05, 3.63) is 18.2 Å². The maximum absolute atomic E-state index is 9.60. The molecule has 2 N–H and O–H groups in total. The maximum atomic E-state index is 9.60. The molecule has 1 aliphatic rings. The van der Waals surface area contributed by atoms with Crippen LogP contribution in [0, 0.1) is 0 Å². The van der Waals surface area contributed by atoms with Gasteiger partial charge < -0.3 is 10.2 Å². The van der Waals surface area contributed by atoms with E-state index in [1.165, 1.54) is 30.4 Å². The van der Waals surface area contributed by atoms with Crippen molar-refractivity contribution in [1.82, 2.24) is 0 Å². The summed E-state index contributed by atoms with van der Waals surface area (Å²) in [4.78, 5) is 1.02. The molecule has 3 heteroatoms. The van der Waals surface area contributed by atoms with Crippen molar-refractivity contribution in [3.63, 3.8) is 0 Å². The summed E-state index contributed by atoms with van der Waals surface area (Å²) in [5.74, 6) is 2.78. The summed E-state index contributed by atoms with van der Waals surface area (Å²) in [5, 5.41) is 18.7. The van der Waals surface area contributed by atoms with Crippen LogP contribution in [-0.4, -0.2) is 21.7 Å². The van der Waals surface area contributed by atoms with Crippen LogP contribution in [-0.2, 0) is 10.9 Å². The van der Waals surface area contributed by atoms with Gasteiger partial charge in [-0.2, -0.15) is 0 Å². The Kier molecular flexibility index (Phi) is 2.36. The molecule has 0 spiro atoms. The molecule has 1 fully saturated rings. The van der Waals surface area contributed by atoms with Gasteiger partial charge in [0.15, 0.2) is 10.6 Å². The first-order valence-electron chi connectivity index (χ1n) is 4.47. The smallest absolute Gasteiger partial charge is 0.196 e. The van der Waals surface area contributed by atoms with Crippen LogP contribution < -0.4 is 0 Å². The van der Waals surface area contributed by atoms with Crippen LogP contribution in [0.3, 0.4) is 0 Å². The molecule has 0 aromatic heterocycles. The Bertz CT molecular complexity index is 306. The fourth-order valence-corrected chi connectivity index (χ4v) is 3.99. The Morgan fingerprint density at radius 2 is 1.77 bits per heavy atom. The molecule has 2 nitrogen and oxygen atoms in total. The SMILES string of the molecule is Oc1ccc([S+]2CCCC2)c(O)c1. The molecule has 0 atom stereocenters. The standard InChI is InChI=1S/C10H12O2S/c11-8-3-4-10(9(12)7-8)13-5-1-2-6-13/h3-4,7H,1-2,5-6H2,(H-,11,12)/p+1. The van der Waals surface area contributed by atoms with E-state index in [0.717, 1.165) is 4.90 Å². The van der Waals surface area contributed by atoms with E-state index in [1.54, 1.807) is 6.07 Å². The van der Waals surface area contributed by atoms with Crippen LogP contribution in [0.2, 0.25) is 0 Å². The van der Waals surface area contributed by atoms with Gasteiger partial charge in [0.05, 0.1) is 0 Å². The van der Waals surface area contributed by atoms with Gasteiger partial charge >= 0.3 is 0 Å². The Hall–Kier alpha value is -0.830. The molecule has 0 unspecified atom stereocenters.